The van der Waals surface area contributed by atoms with Crippen LogP contribution < -0.4 is 10.3 Å². The topological polar surface area (TPSA) is 67.7 Å². The lowest BCUT2D eigenvalue weighted by Crippen LogP contribution is -2.49. The molecule has 1 aromatic heterocycles. The van der Waals surface area contributed by atoms with Gasteiger partial charge in [-0.25, -0.2) is 9.37 Å². The van der Waals surface area contributed by atoms with E-state index in [-0.39, 0.29) is 23.2 Å². The smallest absolute Gasteiger partial charge is 0.296 e. The summed E-state index contributed by atoms with van der Waals surface area (Å²) in [7, 11) is 2.95. The van der Waals surface area contributed by atoms with Gasteiger partial charge in [-0.05, 0) is 24.2 Å². The number of carbonyl (C=O) groups is 1. The van der Waals surface area contributed by atoms with Gasteiger partial charge in [0, 0.05) is 39.6 Å². The lowest BCUT2D eigenvalue weighted by molar-refractivity contribution is 0.0632. The molecule has 7 nitrogen and oxygen atoms in total. The van der Waals surface area contributed by atoms with E-state index in [4.69, 9.17) is 4.74 Å². The second-order valence-electron chi connectivity index (χ2n) is 6.80. The molecule has 0 atom stereocenters. The van der Waals surface area contributed by atoms with E-state index in [1.165, 1.54) is 23.8 Å². The number of nitrogens with zero attached hydrogens (tertiary/aromatic N) is 4. The molecule has 0 spiro atoms. The molecule has 1 aromatic carbocycles. The van der Waals surface area contributed by atoms with Crippen LogP contribution in [0.3, 0.4) is 0 Å². The van der Waals surface area contributed by atoms with Gasteiger partial charge >= 0.3 is 0 Å². The molecule has 28 heavy (non-hydrogen) atoms. The normalized spacial score (nSPS) is 14.9. The summed E-state index contributed by atoms with van der Waals surface area (Å²) in [6.45, 7) is 5.78. The molecule has 0 aliphatic carbocycles. The monoisotopic (exact) mass is 388 g/mol. The lowest BCUT2D eigenvalue weighted by Gasteiger charge is -2.34. The molecule has 0 saturated carbocycles. The highest BCUT2D eigenvalue weighted by molar-refractivity contribution is 5.95. The third kappa shape index (κ3) is 4.06. The first-order valence-electron chi connectivity index (χ1n) is 9.34. The molecule has 0 radical (unpaired) electrons. The van der Waals surface area contributed by atoms with E-state index in [1.54, 1.807) is 24.1 Å². The van der Waals surface area contributed by atoms with Crippen molar-refractivity contribution in [3.8, 4) is 5.75 Å². The minimum atomic E-state index is -0.412. The van der Waals surface area contributed by atoms with Crippen LogP contribution in [0.1, 0.15) is 28.8 Å². The zero-order valence-corrected chi connectivity index (χ0v) is 16.4. The predicted molar refractivity (Wildman–Crippen MR) is 103 cm³/mol. The fourth-order valence-corrected chi connectivity index (χ4v) is 3.31. The van der Waals surface area contributed by atoms with Crippen molar-refractivity contribution >= 4 is 5.91 Å². The number of likely N-dealkylation sites (N-methyl/N-ethyl adjacent to an activating group) is 1. The summed E-state index contributed by atoms with van der Waals surface area (Å²) in [6.07, 6.45) is 0.305. The van der Waals surface area contributed by atoms with Crippen molar-refractivity contribution in [2.45, 2.75) is 13.3 Å². The molecule has 1 saturated heterocycles. The first kappa shape index (κ1) is 20.0. The summed E-state index contributed by atoms with van der Waals surface area (Å²) in [5, 5.41) is 0. The van der Waals surface area contributed by atoms with Crippen LogP contribution in [-0.4, -0.2) is 65.1 Å². The van der Waals surface area contributed by atoms with Gasteiger partial charge in [0.1, 0.15) is 11.6 Å². The number of methoxy groups -OCH3 is 1. The van der Waals surface area contributed by atoms with Gasteiger partial charge in [0.15, 0.2) is 5.69 Å². The molecule has 1 fully saturated rings. The van der Waals surface area contributed by atoms with Gasteiger partial charge in [0.2, 0.25) is 5.75 Å². The van der Waals surface area contributed by atoms with E-state index >= 15 is 0 Å². The minimum Gasteiger partial charge on any atom is -0.489 e. The van der Waals surface area contributed by atoms with Gasteiger partial charge in [-0.15, -0.1) is 0 Å². The Morgan fingerprint density at radius 3 is 2.39 bits per heavy atom. The van der Waals surface area contributed by atoms with Gasteiger partial charge in [0.25, 0.3) is 11.5 Å². The molecule has 2 heterocycles. The van der Waals surface area contributed by atoms with Crippen molar-refractivity contribution in [3.63, 3.8) is 0 Å². The van der Waals surface area contributed by atoms with Crippen molar-refractivity contribution in [1.82, 2.24) is 19.4 Å². The van der Waals surface area contributed by atoms with Crippen LogP contribution in [0.4, 0.5) is 4.39 Å². The summed E-state index contributed by atoms with van der Waals surface area (Å²) in [5.74, 6) is -0.255. The zero-order valence-electron chi connectivity index (χ0n) is 16.4. The van der Waals surface area contributed by atoms with Crippen LogP contribution in [0.25, 0.3) is 0 Å². The average Bonchev–Trinajstić information content (AvgIpc) is 2.72. The Kier molecular flexibility index (Phi) is 6.08. The van der Waals surface area contributed by atoms with Crippen molar-refractivity contribution in [1.29, 1.82) is 0 Å². The van der Waals surface area contributed by atoms with Gasteiger partial charge in [-0.1, -0.05) is 19.1 Å². The van der Waals surface area contributed by atoms with Crippen molar-refractivity contribution in [3.05, 3.63) is 57.5 Å². The first-order chi connectivity index (χ1) is 13.4. The number of benzene rings is 1. The molecule has 0 bridgehead atoms. The van der Waals surface area contributed by atoms with Crippen LogP contribution in [0.15, 0.2) is 29.1 Å². The number of piperazine rings is 1. The molecule has 1 aliphatic rings. The molecule has 3 rings (SSSR count). The van der Waals surface area contributed by atoms with Gasteiger partial charge in [0.05, 0.1) is 7.11 Å². The number of carbonyl (C=O) groups excluding carboxylic acids is 1. The van der Waals surface area contributed by atoms with E-state index in [1.807, 2.05) is 0 Å². The molecule has 8 heteroatoms. The third-order valence-corrected chi connectivity index (χ3v) is 5.13. The quantitative estimate of drug-likeness (QED) is 0.772. The number of ether oxygens (including phenoxy) is 1. The number of aromatic nitrogens is 2. The maximum atomic E-state index is 13.2. The van der Waals surface area contributed by atoms with Crippen molar-refractivity contribution < 1.29 is 13.9 Å². The van der Waals surface area contributed by atoms with E-state index in [2.05, 4.69) is 16.8 Å². The average molecular weight is 388 g/mol. The van der Waals surface area contributed by atoms with E-state index in [0.717, 1.165) is 25.2 Å². The van der Waals surface area contributed by atoms with Crippen molar-refractivity contribution in [2.75, 3.05) is 39.8 Å². The minimum absolute atomic E-state index is 0.0349. The summed E-state index contributed by atoms with van der Waals surface area (Å²) in [6, 6.07) is 5.99. The van der Waals surface area contributed by atoms with Crippen LogP contribution in [0, 0.1) is 5.82 Å². The van der Waals surface area contributed by atoms with Crippen LogP contribution in [0.5, 0.6) is 5.75 Å². The highest BCUT2D eigenvalue weighted by atomic mass is 19.1. The number of amides is 1. The van der Waals surface area contributed by atoms with Crippen LogP contribution in [-0.2, 0) is 13.5 Å². The van der Waals surface area contributed by atoms with E-state index < -0.39 is 5.56 Å². The Labute approximate surface area is 163 Å². The maximum absolute atomic E-state index is 13.2. The largest absolute Gasteiger partial charge is 0.489 e. The first-order valence-corrected chi connectivity index (χ1v) is 9.34. The Morgan fingerprint density at radius 2 is 1.82 bits per heavy atom. The Hall–Kier alpha value is -2.74. The SMILES string of the molecule is CCN1CCN(C(=O)c2nc(Cc3ccc(F)cc3)n(C)c(=O)c2OC)CC1. The molecule has 1 amide bonds. The molecule has 0 N–H and O–H groups in total. The molecular formula is C20H25FN4O3. The molecule has 0 unspecified atom stereocenters. The van der Waals surface area contributed by atoms with Gasteiger partial charge < -0.3 is 14.5 Å². The molecule has 2 aromatic rings. The summed E-state index contributed by atoms with van der Waals surface area (Å²) in [4.78, 5) is 34.2. The third-order valence-electron chi connectivity index (χ3n) is 5.13. The maximum Gasteiger partial charge on any atom is 0.296 e. The second-order valence-corrected chi connectivity index (χ2v) is 6.80. The second kappa shape index (κ2) is 8.52. The van der Waals surface area contributed by atoms with Crippen LogP contribution >= 0.6 is 0 Å². The Bertz CT molecular complexity index is 903. The highest BCUT2D eigenvalue weighted by Gasteiger charge is 2.28. The van der Waals surface area contributed by atoms with Crippen molar-refractivity contribution in [2.24, 2.45) is 7.05 Å². The number of hydrogen-bond acceptors (Lipinski definition) is 5. The summed E-state index contributed by atoms with van der Waals surface area (Å²) < 4.78 is 19.8. The number of hydrogen-bond donors (Lipinski definition) is 0. The Balaban J connectivity index is 1.93. The van der Waals surface area contributed by atoms with Crippen LogP contribution in [0.2, 0.25) is 0 Å². The van der Waals surface area contributed by atoms with Gasteiger partial charge in [-0.3, -0.25) is 14.2 Å². The molecule has 1 aliphatic heterocycles. The van der Waals surface area contributed by atoms with E-state index in [9.17, 15) is 14.0 Å². The standard InChI is InChI=1S/C20H25FN4O3/c1-4-24-9-11-25(12-10-24)19(26)17-18(28-3)20(27)23(2)16(22-17)13-14-5-7-15(21)8-6-14/h5-8H,4,9-13H2,1-3H3. The lowest BCUT2D eigenvalue weighted by atomic mass is 10.1. The Morgan fingerprint density at radius 1 is 1.18 bits per heavy atom. The summed E-state index contributed by atoms with van der Waals surface area (Å²) in [5.41, 5.74) is 0.418. The fourth-order valence-electron chi connectivity index (χ4n) is 3.31. The zero-order chi connectivity index (χ0) is 20.3. The number of rotatable bonds is 5. The highest BCUT2D eigenvalue weighted by Crippen LogP contribution is 2.17. The molecular weight excluding hydrogens is 363 g/mol. The number of halogens is 1. The summed E-state index contributed by atoms with van der Waals surface area (Å²) >= 11 is 0. The molecule has 150 valence electrons. The fraction of sp³-hybridized carbons (Fsp3) is 0.450. The van der Waals surface area contributed by atoms with E-state index in [0.29, 0.717) is 25.3 Å². The van der Waals surface area contributed by atoms with Gasteiger partial charge in [-0.2, -0.15) is 0 Å². The predicted octanol–water partition coefficient (Wildman–Crippen LogP) is 1.30.